The van der Waals surface area contributed by atoms with Crippen molar-refractivity contribution in [1.82, 2.24) is 8.61 Å². The molecule has 0 N–H and O–H groups in total. The van der Waals surface area contributed by atoms with Crippen LogP contribution in [-0.4, -0.2) is 76.8 Å². The molecule has 2 heterocycles. The summed E-state index contributed by atoms with van der Waals surface area (Å²) in [7, 11) is -10.9. The maximum atomic E-state index is 12.9. The number of sulfone groups is 1. The van der Waals surface area contributed by atoms with Gasteiger partial charge in [0.2, 0.25) is 20.0 Å². The Morgan fingerprint density at radius 1 is 1.04 bits per heavy atom. The zero-order chi connectivity index (χ0) is 20.0. The predicted molar refractivity (Wildman–Crippen MR) is 102 cm³/mol. The molecular formula is C15H21ClN2O6S3. The van der Waals surface area contributed by atoms with Crippen molar-refractivity contribution < 1.29 is 25.3 Å². The first kappa shape index (κ1) is 21.0. The van der Waals surface area contributed by atoms with Crippen molar-refractivity contribution in [3.05, 3.63) is 28.8 Å². The molecule has 152 valence electrons. The number of aryl methyl sites for hydroxylation is 1. The van der Waals surface area contributed by atoms with Crippen LogP contribution in [0.3, 0.4) is 0 Å². The van der Waals surface area contributed by atoms with Crippen LogP contribution in [0.1, 0.15) is 12.0 Å². The fraction of sp³-hybridized carbons (Fsp3) is 0.600. The molecule has 0 aromatic heterocycles. The molecule has 3 rings (SSSR count). The van der Waals surface area contributed by atoms with Crippen LogP contribution < -0.4 is 0 Å². The van der Waals surface area contributed by atoms with Gasteiger partial charge in [0.15, 0.2) is 9.84 Å². The van der Waals surface area contributed by atoms with Gasteiger partial charge in [-0.25, -0.2) is 25.3 Å². The normalized spacial score (nSPS) is 24.9. The van der Waals surface area contributed by atoms with Crippen molar-refractivity contribution in [2.45, 2.75) is 23.5 Å². The van der Waals surface area contributed by atoms with E-state index in [1.54, 1.807) is 19.1 Å². The minimum Gasteiger partial charge on any atom is -0.229 e. The van der Waals surface area contributed by atoms with Gasteiger partial charge in [0, 0.05) is 31.2 Å². The molecular weight excluding hydrogens is 436 g/mol. The summed E-state index contributed by atoms with van der Waals surface area (Å²) in [6, 6.07) is 4.62. The third kappa shape index (κ3) is 4.18. The zero-order valence-corrected chi connectivity index (χ0v) is 17.9. The van der Waals surface area contributed by atoms with E-state index in [0.717, 1.165) is 0 Å². The zero-order valence-electron chi connectivity index (χ0n) is 14.7. The number of piperazine rings is 1. The SMILES string of the molecule is Cc1ccc(Cl)cc1S(=O)(=O)N1CCN(S(=O)(=O)C2CCS(=O)(=O)C2)CC1. The summed E-state index contributed by atoms with van der Waals surface area (Å²) in [6.07, 6.45) is 0.0882. The van der Waals surface area contributed by atoms with Gasteiger partial charge >= 0.3 is 0 Å². The first-order chi connectivity index (χ1) is 12.4. The highest BCUT2D eigenvalue weighted by atomic mass is 35.5. The average molecular weight is 457 g/mol. The van der Waals surface area contributed by atoms with E-state index in [4.69, 9.17) is 11.6 Å². The first-order valence-corrected chi connectivity index (χ1v) is 13.5. The molecule has 0 spiro atoms. The van der Waals surface area contributed by atoms with Crippen molar-refractivity contribution >= 4 is 41.5 Å². The minimum absolute atomic E-state index is 0.00226. The van der Waals surface area contributed by atoms with E-state index in [1.165, 1.54) is 14.7 Å². The Bertz CT molecular complexity index is 1050. The third-order valence-corrected chi connectivity index (χ3v) is 11.5. The van der Waals surface area contributed by atoms with Crippen LogP contribution in [0.15, 0.2) is 23.1 Å². The van der Waals surface area contributed by atoms with Crippen molar-refractivity contribution in [3.8, 4) is 0 Å². The quantitative estimate of drug-likeness (QED) is 0.651. The maximum Gasteiger partial charge on any atom is 0.243 e. The number of sulfonamides is 2. The molecule has 1 aromatic carbocycles. The molecule has 2 fully saturated rings. The summed E-state index contributed by atoms with van der Waals surface area (Å²) in [4.78, 5) is 0.105. The van der Waals surface area contributed by atoms with Gasteiger partial charge in [-0.05, 0) is 31.0 Å². The summed E-state index contributed by atoms with van der Waals surface area (Å²) in [5, 5.41) is -0.635. The Morgan fingerprint density at radius 2 is 1.63 bits per heavy atom. The van der Waals surface area contributed by atoms with Gasteiger partial charge in [0.1, 0.15) is 0 Å². The second-order valence-corrected chi connectivity index (χ2v) is 13.6. The van der Waals surface area contributed by atoms with E-state index in [0.29, 0.717) is 10.6 Å². The second kappa shape index (κ2) is 7.27. The number of benzene rings is 1. The van der Waals surface area contributed by atoms with Crippen LogP contribution >= 0.6 is 11.6 Å². The monoisotopic (exact) mass is 456 g/mol. The Hall–Kier alpha value is -0.720. The summed E-state index contributed by atoms with van der Waals surface area (Å²) in [6.45, 7) is 1.68. The number of halogens is 1. The van der Waals surface area contributed by atoms with Crippen LogP contribution in [0.4, 0.5) is 0 Å². The van der Waals surface area contributed by atoms with Gasteiger partial charge in [-0.3, -0.25) is 0 Å². The Morgan fingerprint density at radius 3 is 2.19 bits per heavy atom. The highest BCUT2D eigenvalue weighted by molar-refractivity contribution is 7.95. The molecule has 8 nitrogen and oxygen atoms in total. The maximum absolute atomic E-state index is 12.9. The standard InChI is InChI=1S/C15H21ClN2O6S3/c1-12-2-3-13(16)10-15(12)27(23,24)18-7-5-17(6-8-18)26(21,22)14-4-9-25(19,20)11-14/h2-3,10,14H,4-9,11H2,1H3. The topological polar surface area (TPSA) is 109 Å². The fourth-order valence-electron chi connectivity index (χ4n) is 3.36. The molecule has 0 aliphatic carbocycles. The molecule has 2 aliphatic rings. The Balaban J connectivity index is 1.74. The fourth-order valence-corrected chi connectivity index (χ4v) is 9.78. The van der Waals surface area contributed by atoms with Gasteiger partial charge in [-0.1, -0.05) is 17.7 Å². The lowest BCUT2D eigenvalue weighted by Gasteiger charge is -2.34. The van der Waals surface area contributed by atoms with E-state index in [2.05, 4.69) is 0 Å². The average Bonchev–Trinajstić information content (AvgIpc) is 2.98. The Kier molecular flexibility index (Phi) is 5.65. The van der Waals surface area contributed by atoms with Gasteiger partial charge in [-0.15, -0.1) is 0 Å². The molecule has 2 saturated heterocycles. The first-order valence-electron chi connectivity index (χ1n) is 8.39. The van der Waals surface area contributed by atoms with Crippen molar-refractivity contribution in [1.29, 1.82) is 0 Å². The van der Waals surface area contributed by atoms with Gasteiger partial charge in [0.25, 0.3) is 0 Å². The third-order valence-electron chi connectivity index (χ3n) is 4.94. The lowest BCUT2D eigenvalue weighted by atomic mass is 10.2. The van der Waals surface area contributed by atoms with Crippen LogP contribution in [0, 0.1) is 6.92 Å². The van der Waals surface area contributed by atoms with Crippen LogP contribution in [0.2, 0.25) is 5.02 Å². The molecule has 1 aromatic rings. The van der Waals surface area contributed by atoms with Crippen molar-refractivity contribution in [3.63, 3.8) is 0 Å². The lowest BCUT2D eigenvalue weighted by molar-refractivity contribution is 0.271. The van der Waals surface area contributed by atoms with Crippen LogP contribution in [0.25, 0.3) is 0 Å². The molecule has 0 bridgehead atoms. The molecule has 1 atom stereocenters. The summed E-state index contributed by atoms with van der Waals surface area (Å²) < 4.78 is 76.7. The van der Waals surface area contributed by atoms with Gasteiger partial charge in [-0.2, -0.15) is 8.61 Å². The Labute approximate surface area is 165 Å². The second-order valence-electron chi connectivity index (χ2n) is 6.78. The van der Waals surface area contributed by atoms with E-state index in [9.17, 15) is 25.3 Å². The molecule has 2 aliphatic heterocycles. The number of hydrogen-bond donors (Lipinski definition) is 0. The summed E-state index contributed by atoms with van der Waals surface area (Å²) in [5.74, 6) is -0.491. The number of nitrogens with zero attached hydrogens (tertiary/aromatic N) is 2. The van der Waals surface area contributed by atoms with E-state index in [1.807, 2.05) is 0 Å². The van der Waals surface area contributed by atoms with Crippen molar-refractivity contribution in [2.24, 2.45) is 0 Å². The number of rotatable bonds is 4. The van der Waals surface area contributed by atoms with Gasteiger partial charge in [0.05, 0.1) is 21.7 Å². The van der Waals surface area contributed by atoms with E-state index < -0.39 is 35.1 Å². The molecule has 12 heteroatoms. The largest absolute Gasteiger partial charge is 0.243 e. The van der Waals surface area contributed by atoms with Crippen molar-refractivity contribution in [2.75, 3.05) is 37.7 Å². The molecule has 0 radical (unpaired) electrons. The highest BCUT2D eigenvalue weighted by Crippen LogP contribution is 2.27. The molecule has 27 heavy (non-hydrogen) atoms. The van der Waals surface area contributed by atoms with Gasteiger partial charge < -0.3 is 0 Å². The number of hydrogen-bond acceptors (Lipinski definition) is 6. The van der Waals surface area contributed by atoms with E-state index >= 15 is 0 Å². The summed E-state index contributed by atoms with van der Waals surface area (Å²) in [5.41, 5.74) is 0.561. The lowest BCUT2D eigenvalue weighted by Crippen LogP contribution is -2.52. The van der Waals surface area contributed by atoms with Crippen LogP contribution in [0.5, 0.6) is 0 Å². The molecule has 0 amide bonds. The highest BCUT2D eigenvalue weighted by Gasteiger charge is 2.42. The van der Waals surface area contributed by atoms with Crippen LogP contribution in [-0.2, 0) is 29.9 Å². The molecule has 0 saturated carbocycles. The smallest absolute Gasteiger partial charge is 0.229 e. The summed E-state index contributed by atoms with van der Waals surface area (Å²) >= 11 is 5.92. The predicted octanol–water partition coefficient (Wildman–Crippen LogP) is 0.472. The molecule has 1 unspecified atom stereocenters. The van der Waals surface area contributed by atoms with E-state index in [-0.39, 0.29) is 49.0 Å². The minimum atomic E-state index is -3.79.